The Hall–Kier alpha value is -3.19. The first-order chi connectivity index (χ1) is 13.9. The van der Waals surface area contributed by atoms with Gasteiger partial charge in [0.15, 0.2) is 0 Å². The number of sulfone groups is 1. The van der Waals surface area contributed by atoms with Gasteiger partial charge in [0.2, 0.25) is 9.84 Å². The van der Waals surface area contributed by atoms with E-state index in [0.717, 1.165) is 11.1 Å². The number of rotatable bonds is 6. The zero-order valence-electron chi connectivity index (χ0n) is 16.3. The molecular weight excluding hydrogens is 386 g/mol. The molecule has 0 fully saturated rings. The first-order valence-corrected chi connectivity index (χ1v) is 10.7. The molecule has 1 aromatic heterocycles. The Morgan fingerprint density at radius 2 is 1.76 bits per heavy atom. The number of anilines is 1. The van der Waals surface area contributed by atoms with Crippen molar-refractivity contribution in [3.05, 3.63) is 84.2 Å². The maximum Gasteiger partial charge on any atom is 0.319 e. The van der Waals surface area contributed by atoms with Gasteiger partial charge in [0.1, 0.15) is 0 Å². The molecule has 0 unspecified atom stereocenters. The second-order valence-corrected chi connectivity index (χ2v) is 8.87. The van der Waals surface area contributed by atoms with E-state index in [9.17, 15) is 13.2 Å². The van der Waals surface area contributed by atoms with Crippen molar-refractivity contribution >= 4 is 21.6 Å². The van der Waals surface area contributed by atoms with E-state index in [1.165, 1.54) is 12.1 Å². The minimum Gasteiger partial charge on any atom is -0.334 e. The number of pyridine rings is 1. The van der Waals surface area contributed by atoms with Crippen molar-refractivity contribution < 1.29 is 13.2 Å². The highest BCUT2D eigenvalue weighted by molar-refractivity contribution is 7.91. The number of aromatic nitrogens is 1. The van der Waals surface area contributed by atoms with Crippen molar-refractivity contribution in [2.75, 3.05) is 5.32 Å². The summed E-state index contributed by atoms with van der Waals surface area (Å²) >= 11 is 0. The topological polar surface area (TPSA) is 88.2 Å². The highest BCUT2D eigenvalue weighted by atomic mass is 32.2. The van der Waals surface area contributed by atoms with Crippen LogP contribution in [0.3, 0.4) is 0 Å². The van der Waals surface area contributed by atoms with Crippen LogP contribution < -0.4 is 10.6 Å². The Kier molecular flexibility index (Phi) is 6.29. The van der Waals surface area contributed by atoms with Crippen LogP contribution in [0.15, 0.2) is 82.8 Å². The molecular formula is C22H23N3O3S. The molecule has 6 nitrogen and oxygen atoms in total. The molecule has 2 amide bonds. The first kappa shape index (κ1) is 20.5. The molecule has 0 spiro atoms. The summed E-state index contributed by atoms with van der Waals surface area (Å²) in [6, 6.07) is 16.4. The average Bonchev–Trinajstić information content (AvgIpc) is 2.73. The van der Waals surface area contributed by atoms with Crippen LogP contribution in [-0.2, 0) is 16.4 Å². The summed E-state index contributed by atoms with van der Waals surface area (Å²) in [7, 11) is -3.62. The smallest absolute Gasteiger partial charge is 0.319 e. The van der Waals surface area contributed by atoms with Gasteiger partial charge < -0.3 is 10.6 Å². The van der Waals surface area contributed by atoms with E-state index in [1.807, 2.05) is 26.0 Å². The highest BCUT2D eigenvalue weighted by Crippen LogP contribution is 2.25. The van der Waals surface area contributed by atoms with Crippen LogP contribution in [0.25, 0.3) is 0 Å². The summed E-state index contributed by atoms with van der Waals surface area (Å²) in [5.41, 5.74) is 2.35. The molecule has 2 N–H and O–H groups in total. The van der Waals surface area contributed by atoms with Crippen LogP contribution in [0, 0.1) is 0 Å². The van der Waals surface area contributed by atoms with Crippen molar-refractivity contribution in [2.45, 2.75) is 36.1 Å². The van der Waals surface area contributed by atoms with E-state index in [4.69, 9.17) is 0 Å². The van der Waals surface area contributed by atoms with Crippen molar-refractivity contribution in [3.8, 4) is 0 Å². The van der Waals surface area contributed by atoms with Gasteiger partial charge in [-0.25, -0.2) is 13.2 Å². The maximum atomic E-state index is 12.9. The average molecular weight is 410 g/mol. The molecule has 0 saturated heterocycles. The standard InChI is InChI=1S/C22H23N3O3S/c1-16(2)18-6-3-7-21(13-18)29(27,28)20-10-8-19(9-11-20)25-22(26)24-15-17-5-4-12-23-14-17/h3-14,16H,15H2,1-2H3,(H2,24,25,26). The van der Waals surface area contributed by atoms with Crippen LogP contribution in [0.1, 0.15) is 30.9 Å². The highest BCUT2D eigenvalue weighted by Gasteiger charge is 2.18. The van der Waals surface area contributed by atoms with Gasteiger partial charge in [-0.3, -0.25) is 4.98 Å². The second kappa shape index (κ2) is 8.87. The predicted octanol–water partition coefficient (Wildman–Crippen LogP) is 4.36. The molecule has 150 valence electrons. The number of carbonyl (C=O) groups excluding carboxylic acids is 1. The van der Waals surface area contributed by atoms with Gasteiger partial charge in [-0.15, -0.1) is 0 Å². The Morgan fingerprint density at radius 1 is 1.00 bits per heavy atom. The lowest BCUT2D eigenvalue weighted by Gasteiger charge is -2.11. The van der Waals surface area contributed by atoms with Gasteiger partial charge in [-0.1, -0.05) is 32.0 Å². The minimum atomic E-state index is -3.62. The zero-order valence-corrected chi connectivity index (χ0v) is 17.1. The lowest BCUT2D eigenvalue weighted by Crippen LogP contribution is -2.28. The summed E-state index contributed by atoms with van der Waals surface area (Å²) in [4.78, 5) is 16.5. The number of hydrogen-bond donors (Lipinski definition) is 2. The number of urea groups is 1. The summed E-state index contributed by atoms with van der Waals surface area (Å²) in [6.45, 7) is 4.38. The summed E-state index contributed by atoms with van der Waals surface area (Å²) < 4.78 is 25.8. The fourth-order valence-electron chi connectivity index (χ4n) is 2.75. The molecule has 1 heterocycles. The quantitative estimate of drug-likeness (QED) is 0.633. The van der Waals surface area contributed by atoms with Crippen LogP contribution in [-0.4, -0.2) is 19.4 Å². The third kappa shape index (κ3) is 5.20. The number of carbonyl (C=O) groups is 1. The van der Waals surface area contributed by atoms with E-state index < -0.39 is 9.84 Å². The molecule has 0 bridgehead atoms. The number of hydrogen-bond acceptors (Lipinski definition) is 4. The lowest BCUT2D eigenvalue weighted by molar-refractivity contribution is 0.251. The molecule has 7 heteroatoms. The monoisotopic (exact) mass is 409 g/mol. The van der Waals surface area contributed by atoms with E-state index >= 15 is 0 Å². The van der Waals surface area contributed by atoms with Crippen molar-refractivity contribution in [2.24, 2.45) is 0 Å². The summed E-state index contributed by atoms with van der Waals surface area (Å²) in [5, 5.41) is 5.42. The van der Waals surface area contributed by atoms with Crippen molar-refractivity contribution in [1.29, 1.82) is 0 Å². The Balaban J connectivity index is 1.67. The van der Waals surface area contributed by atoms with E-state index in [-0.39, 0.29) is 21.7 Å². The molecule has 3 rings (SSSR count). The van der Waals surface area contributed by atoms with Crippen molar-refractivity contribution in [3.63, 3.8) is 0 Å². The number of nitrogens with one attached hydrogen (secondary N) is 2. The molecule has 0 aliphatic rings. The summed E-state index contributed by atoms with van der Waals surface area (Å²) in [6.07, 6.45) is 3.34. The maximum absolute atomic E-state index is 12.9. The van der Waals surface area contributed by atoms with Crippen LogP contribution in [0.4, 0.5) is 10.5 Å². The zero-order chi connectivity index (χ0) is 20.9. The summed E-state index contributed by atoms with van der Waals surface area (Å²) in [5.74, 6) is 0.238. The largest absolute Gasteiger partial charge is 0.334 e. The number of benzene rings is 2. The predicted molar refractivity (Wildman–Crippen MR) is 113 cm³/mol. The third-order valence-electron chi connectivity index (χ3n) is 4.43. The van der Waals surface area contributed by atoms with Gasteiger partial charge in [0.05, 0.1) is 9.79 Å². The molecule has 29 heavy (non-hydrogen) atoms. The Labute approximate surface area is 170 Å². The third-order valence-corrected chi connectivity index (χ3v) is 6.20. The SMILES string of the molecule is CC(C)c1cccc(S(=O)(=O)c2ccc(NC(=O)NCc3cccnc3)cc2)c1. The van der Waals surface area contributed by atoms with Gasteiger partial charge in [0, 0.05) is 24.6 Å². The van der Waals surface area contributed by atoms with Gasteiger partial charge in [-0.05, 0) is 59.5 Å². The number of nitrogens with zero attached hydrogens (tertiary/aromatic N) is 1. The molecule has 0 atom stereocenters. The molecule has 2 aromatic carbocycles. The van der Waals surface area contributed by atoms with Crippen molar-refractivity contribution in [1.82, 2.24) is 10.3 Å². The molecule has 0 saturated carbocycles. The van der Waals surface area contributed by atoms with E-state index in [1.54, 1.807) is 48.8 Å². The Morgan fingerprint density at radius 3 is 2.41 bits per heavy atom. The lowest BCUT2D eigenvalue weighted by atomic mass is 10.0. The Bertz CT molecular complexity index is 1080. The van der Waals surface area contributed by atoms with Crippen LogP contribution >= 0.6 is 0 Å². The van der Waals surface area contributed by atoms with Crippen LogP contribution in [0.2, 0.25) is 0 Å². The fourth-order valence-corrected chi connectivity index (χ4v) is 4.07. The van der Waals surface area contributed by atoms with Gasteiger partial charge in [-0.2, -0.15) is 0 Å². The van der Waals surface area contributed by atoms with Crippen LogP contribution in [0.5, 0.6) is 0 Å². The minimum absolute atomic E-state index is 0.180. The fraction of sp³-hybridized carbons (Fsp3) is 0.182. The number of amides is 2. The van der Waals surface area contributed by atoms with Gasteiger partial charge in [0.25, 0.3) is 0 Å². The first-order valence-electron chi connectivity index (χ1n) is 9.25. The van der Waals surface area contributed by atoms with Gasteiger partial charge >= 0.3 is 6.03 Å². The van der Waals surface area contributed by atoms with E-state index in [0.29, 0.717) is 12.2 Å². The molecule has 0 aliphatic carbocycles. The normalized spacial score (nSPS) is 11.3. The molecule has 3 aromatic rings. The molecule has 0 aliphatic heterocycles. The second-order valence-electron chi connectivity index (χ2n) is 6.92. The van der Waals surface area contributed by atoms with E-state index in [2.05, 4.69) is 15.6 Å². The molecule has 0 radical (unpaired) electrons.